The summed E-state index contributed by atoms with van der Waals surface area (Å²) in [7, 11) is 5.67. The molecule has 2 rings (SSSR count). The Bertz CT molecular complexity index is 786. The predicted molar refractivity (Wildman–Crippen MR) is 142 cm³/mol. The van der Waals surface area contributed by atoms with Crippen molar-refractivity contribution in [3.8, 4) is 0 Å². The van der Waals surface area contributed by atoms with Crippen molar-refractivity contribution in [3.05, 3.63) is 0 Å². The van der Waals surface area contributed by atoms with Crippen molar-refractivity contribution in [2.75, 3.05) is 21.2 Å². The molecule has 2 saturated heterocycles. The number of ether oxygens (including phenoxy) is 4. The summed E-state index contributed by atoms with van der Waals surface area (Å²) in [5.74, 6) is -2.73. The number of esters is 1. The van der Waals surface area contributed by atoms with Gasteiger partial charge in [0.2, 0.25) is 0 Å². The summed E-state index contributed by atoms with van der Waals surface area (Å²) in [6.07, 6.45) is 2.19. The van der Waals surface area contributed by atoms with Gasteiger partial charge in [0.15, 0.2) is 12.1 Å². The Balaban J connectivity index is 2.47. The van der Waals surface area contributed by atoms with Gasteiger partial charge in [-0.3, -0.25) is 14.4 Å². The van der Waals surface area contributed by atoms with Gasteiger partial charge in [-0.05, 0) is 67.0 Å². The quantitative estimate of drug-likeness (QED) is 0.385. The van der Waals surface area contributed by atoms with E-state index < -0.39 is 35.8 Å². The Labute approximate surface area is 224 Å². The second kappa shape index (κ2) is 13.6. The molecule has 2 aliphatic rings. The van der Waals surface area contributed by atoms with E-state index in [0.29, 0.717) is 32.1 Å². The van der Waals surface area contributed by atoms with Gasteiger partial charge in [0.05, 0.1) is 17.8 Å². The first-order chi connectivity index (χ1) is 17.2. The van der Waals surface area contributed by atoms with E-state index in [1.54, 1.807) is 21.0 Å². The van der Waals surface area contributed by atoms with E-state index in [-0.39, 0.29) is 41.7 Å². The number of ketones is 2. The lowest BCUT2D eigenvalue weighted by Gasteiger charge is -2.45. The maximum absolute atomic E-state index is 13.7. The number of rotatable bonds is 5. The Morgan fingerprint density at radius 2 is 1.62 bits per heavy atom. The van der Waals surface area contributed by atoms with Crippen LogP contribution in [-0.4, -0.2) is 79.9 Å². The van der Waals surface area contributed by atoms with Crippen LogP contribution in [0.3, 0.4) is 0 Å². The van der Waals surface area contributed by atoms with E-state index in [0.717, 1.165) is 6.42 Å². The van der Waals surface area contributed by atoms with Gasteiger partial charge in [-0.25, -0.2) is 0 Å². The van der Waals surface area contributed by atoms with Crippen molar-refractivity contribution in [1.29, 1.82) is 0 Å². The largest absolute Gasteiger partial charge is 0.462 e. The SMILES string of the molecule is CC[C@@H]1CC[C@@H](C)C(=O)[C@H](C)C[C@](C)(OC)[C@H](O[C@H]2C[C@@H](N(C)C)C[C@@H](C)O2)[C@@H](C)C(=O)[C@@H](C)C(=O)O1. The molecule has 0 aliphatic carbocycles. The van der Waals surface area contributed by atoms with Crippen molar-refractivity contribution in [2.45, 2.75) is 123 Å². The zero-order valence-electron chi connectivity index (χ0n) is 24.7. The Hall–Kier alpha value is -1.35. The fourth-order valence-electron chi connectivity index (χ4n) is 5.90. The van der Waals surface area contributed by atoms with E-state index in [4.69, 9.17) is 18.9 Å². The van der Waals surface area contributed by atoms with Crippen LogP contribution in [0.25, 0.3) is 0 Å². The lowest BCUT2D eigenvalue weighted by atomic mass is 9.76. The highest BCUT2D eigenvalue weighted by Crippen LogP contribution is 2.37. The maximum atomic E-state index is 13.7. The summed E-state index contributed by atoms with van der Waals surface area (Å²) in [6.45, 7) is 13.1. The summed E-state index contributed by atoms with van der Waals surface area (Å²) in [6, 6.07) is 0.272. The number of hydrogen-bond acceptors (Lipinski definition) is 8. The van der Waals surface area contributed by atoms with Crippen LogP contribution in [-0.2, 0) is 33.3 Å². The normalized spacial score (nSPS) is 41.4. The second-order valence-corrected chi connectivity index (χ2v) is 11.9. The standard InChI is InChI=1S/C29H51NO7/c1-11-23-13-12-17(2)25(31)18(3)16-29(7,34-10)27(20(5)26(32)21(6)28(33)36-23)37-24-15-22(30(8)9)14-19(4)35-24/h17-24,27H,11-16H2,1-10H3/t17-,18-,19-,20+,21-,22+,23-,24+,27-,29+/m1/s1. The smallest absolute Gasteiger partial charge is 0.316 e. The summed E-state index contributed by atoms with van der Waals surface area (Å²) in [5.41, 5.74) is -0.957. The molecule has 0 bridgehead atoms. The van der Waals surface area contributed by atoms with E-state index in [1.807, 2.05) is 48.7 Å². The Morgan fingerprint density at radius 1 is 0.973 bits per heavy atom. The number of methoxy groups -OCH3 is 1. The molecule has 0 aromatic rings. The minimum Gasteiger partial charge on any atom is -0.462 e. The van der Waals surface area contributed by atoms with Crippen LogP contribution in [0.4, 0.5) is 0 Å². The van der Waals surface area contributed by atoms with Gasteiger partial charge in [0, 0.05) is 37.3 Å². The van der Waals surface area contributed by atoms with Crippen LogP contribution >= 0.6 is 0 Å². The van der Waals surface area contributed by atoms with Gasteiger partial charge in [-0.1, -0.05) is 27.7 Å². The number of Topliss-reactive ketones (excluding diaryl/α,β-unsaturated/α-hetero) is 2. The first kappa shape index (κ1) is 31.9. The summed E-state index contributed by atoms with van der Waals surface area (Å²) in [5, 5.41) is 0. The predicted octanol–water partition coefficient (Wildman–Crippen LogP) is 4.42. The van der Waals surface area contributed by atoms with Crippen molar-refractivity contribution in [3.63, 3.8) is 0 Å². The van der Waals surface area contributed by atoms with Gasteiger partial charge in [0.1, 0.15) is 17.8 Å². The van der Waals surface area contributed by atoms with Crippen molar-refractivity contribution < 1.29 is 33.3 Å². The molecule has 2 fully saturated rings. The van der Waals surface area contributed by atoms with E-state index in [9.17, 15) is 14.4 Å². The molecule has 0 radical (unpaired) electrons. The number of nitrogens with zero attached hydrogens (tertiary/aromatic N) is 1. The summed E-state index contributed by atoms with van der Waals surface area (Å²) < 4.78 is 24.6. The molecule has 214 valence electrons. The zero-order chi connectivity index (χ0) is 28.1. The molecule has 0 unspecified atom stereocenters. The highest BCUT2D eigenvalue weighted by molar-refractivity contribution is 6.00. The number of carbonyl (C=O) groups is 3. The van der Waals surface area contributed by atoms with Crippen LogP contribution < -0.4 is 0 Å². The monoisotopic (exact) mass is 525 g/mol. The van der Waals surface area contributed by atoms with Gasteiger partial charge in [0.25, 0.3) is 0 Å². The van der Waals surface area contributed by atoms with Crippen molar-refractivity contribution in [2.24, 2.45) is 23.7 Å². The first-order valence-electron chi connectivity index (χ1n) is 14.0. The molecule has 0 saturated carbocycles. The Morgan fingerprint density at radius 3 is 2.19 bits per heavy atom. The lowest BCUT2D eigenvalue weighted by Crippen LogP contribution is -2.54. The topological polar surface area (TPSA) is 91.4 Å². The third-order valence-corrected chi connectivity index (χ3v) is 8.58. The third kappa shape index (κ3) is 8.07. The fourth-order valence-corrected chi connectivity index (χ4v) is 5.90. The molecule has 2 aliphatic heterocycles. The first-order valence-corrected chi connectivity index (χ1v) is 14.0. The molecular weight excluding hydrogens is 474 g/mol. The molecule has 8 nitrogen and oxygen atoms in total. The molecule has 8 heteroatoms. The minimum absolute atomic E-state index is 0.00861. The molecule has 10 atom stereocenters. The second-order valence-electron chi connectivity index (χ2n) is 11.9. The summed E-state index contributed by atoms with van der Waals surface area (Å²) in [4.78, 5) is 42.1. The van der Waals surface area contributed by atoms with Crippen LogP contribution in [0, 0.1) is 23.7 Å². The van der Waals surface area contributed by atoms with Crippen molar-refractivity contribution >= 4 is 17.5 Å². The van der Waals surface area contributed by atoms with Crippen molar-refractivity contribution in [1.82, 2.24) is 4.90 Å². The third-order valence-electron chi connectivity index (χ3n) is 8.58. The number of carbonyl (C=O) groups excluding carboxylic acids is 3. The molecule has 2 heterocycles. The molecule has 37 heavy (non-hydrogen) atoms. The van der Waals surface area contributed by atoms with E-state index >= 15 is 0 Å². The number of hydrogen-bond donors (Lipinski definition) is 0. The lowest BCUT2D eigenvalue weighted by molar-refractivity contribution is -0.262. The average Bonchev–Trinajstić information content (AvgIpc) is 2.86. The van der Waals surface area contributed by atoms with Crippen LogP contribution in [0.2, 0.25) is 0 Å². The Kier molecular flexibility index (Phi) is 11.7. The summed E-state index contributed by atoms with van der Waals surface area (Å²) >= 11 is 0. The van der Waals surface area contributed by atoms with Gasteiger partial charge in [-0.2, -0.15) is 0 Å². The van der Waals surface area contributed by atoms with Gasteiger partial charge < -0.3 is 23.8 Å². The molecule has 0 aromatic heterocycles. The zero-order valence-corrected chi connectivity index (χ0v) is 24.7. The molecule has 0 N–H and O–H groups in total. The molecule has 0 aromatic carbocycles. The van der Waals surface area contributed by atoms with Crippen LogP contribution in [0.5, 0.6) is 0 Å². The van der Waals surface area contributed by atoms with Crippen LogP contribution in [0.1, 0.15) is 87.0 Å². The highest BCUT2D eigenvalue weighted by atomic mass is 16.7. The molecule has 0 amide bonds. The van der Waals surface area contributed by atoms with Gasteiger partial charge in [-0.15, -0.1) is 0 Å². The van der Waals surface area contributed by atoms with E-state index in [2.05, 4.69) is 4.90 Å². The minimum atomic E-state index is -0.957. The average molecular weight is 526 g/mol. The van der Waals surface area contributed by atoms with Gasteiger partial charge >= 0.3 is 5.97 Å². The number of cyclic esters (lactones) is 1. The maximum Gasteiger partial charge on any atom is 0.316 e. The molecule has 0 spiro atoms. The highest BCUT2D eigenvalue weighted by Gasteiger charge is 2.47. The van der Waals surface area contributed by atoms with Crippen LogP contribution in [0.15, 0.2) is 0 Å². The fraction of sp³-hybridized carbons (Fsp3) is 0.897. The van der Waals surface area contributed by atoms with E-state index in [1.165, 1.54) is 0 Å². The molecular formula is C29H51NO7.